The zero-order chi connectivity index (χ0) is 20.5. The Hall–Kier alpha value is -3.28. The number of methoxy groups -OCH3 is 1. The first-order valence-corrected chi connectivity index (χ1v) is 8.97. The van der Waals surface area contributed by atoms with Crippen molar-refractivity contribution in [1.82, 2.24) is 4.57 Å². The number of nitrogens with zero attached hydrogens (tertiary/aromatic N) is 1. The van der Waals surface area contributed by atoms with E-state index in [0.717, 1.165) is 10.9 Å². The molecule has 0 spiro atoms. The molecule has 1 N–H and O–H groups in total. The van der Waals surface area contributed by atoms with Gasteiger partial charge in [0.25, 0.3) is 5.56 Å². The second kappa shape index (κ2) is 7.38. The molecule has 0 aliphatic rings. The molecule has 0 saturated heterocycles. The Labute approximate surface area is 163 Å². The number of hydrogen-bond acceptors (Lipinski definition) is 4. The highest BCUT2D eigenvalue weighted by Gasteiger charge is 2.19. The summed E-state index contributed by atoms with van der Waals surface area (Å²) in [6, 6.07) is 14.6. The van der Waals surface area contributed by atoms with Crippen LogP contribution in [0.4, 0.5) is 10.5 Å². The standard InChI is InChI=1S/C22H24N2O4/c1-22(2,3)28-21(26)23-15-10-8-9-14(13-15)18-19(27-5)16-11-6-7-12-17(16)24(4)20(18)25/h6-13H,1-5H3,(H,23,26). The van der Waals surface area contributed by atoms with Crippen LogP contribution in [-0.2, 0) is 11.8 Å². The number of benzene rings is 2. The van der Waals surface area contributed by atoms with Gasteiger partial charge in [-0.3, -0.25) is 10.1 Å². The lowest BCUT2D eigenvalue weighted by atomic mass is 10.0. The predicted octanol–water partition coefficient (Wildman–Crippen LogP) is 4.56. The molecule has 1 heterocycles. The fourth-order valence-corrected chi connectivity index (χ4v) is 3.11. The minimum Gasteiger partial charge on any atom is -0.495 e. The van der Waals surface area contributed by atoms with Crippen molar-refractivity contribution in [2.45, 2.75) is 26.4 Å². The number of anilines is 1. The third-order valence-electron chi connectivity index (χ3n) is 4.26. The maximum atomic E-state index is 13.1. The topological polar surface area (TPSA) is 69.6 Å². The minimum absolute atomic E-state index is 0.176. The largest absolute Gasteiger partial charge is 0.495 e. The van der Waals surface area contributed by atoms with Crippen molar-refractivity contribution in [1.29, 1.82) is 0 Å². The Bertz CT molecular complexity index is 1090. The number of pyridine rings is 1. The van der Waals surface area contributed by atoms with Gasteiger partial charge in [0.05, 0.1) is 18.2 Å². The van der Waals surface area contributed by atoms with Crippen LogP contribution in [0.3, 0.4) is 0 Å². The average Bonchev–Trinajstić information content (AvgIpc) is 2.63. The molecule has 1 aromatic heterocycles. The van der Waals surface area contributed by atoms with Gasteiger partial charge in [0.1, 0.15) is 11.4 Å². The Morgan fingerprint density at radius 2 is 1.79 bits per heavy atom. The number of aryl methyl sites for hydroxylation is 1. The van der Waals surface area contributed by atoms with E-state index in [1.807, 2.05) is 30.3 Å². The molecular weight excluding hydrogens is 356 g/mol. The van der Waals surface area contributed by atoms with E-state index in [2.05, 4.69) is 5.32 Å². The maximum absolute atomic E-state index is 13.1. The number of nitrogens with one attached hydrogen (secondary N) is 1. The molecule has 0 aliphatic heterocycles. The molecule has 1 amide bonds. The first-order valence-electron chi connectivity index (χ1n) is 8.97. The van der Waals surface area contributed by atoms with Gasteiger partial charge in [0.2, 0.25) is 0 Å². The van der Waals surface area contributed by atoms with E-state index in [9.17, 15) is 9.59 Å². The average molecular weight is 380 g/mol. The molecule has 0 atom stereocenters. The van der Waals surface area contributed by atoms with Crippen LogP contribution in [0.25, 0.3) is 22.0 Å². The summed E-state index contributed by atoms with van der Waals surface area (Å²) in [5.74, 6) is 0.508. The first-order chi connectivity index (χ1) is 13.2. The maximum Gasteiger partial charge on any atom is 0.412 e. The van der Waals surface area contributed by atoms with Gasteiger partial charge >= 0.3 is 6.09 Å². The molecule has 2 aromatic carbocycles. The summed E-state index contributed by atoms with van der Waals surface area (Å²) in [5, 5.41) is 3.55. The molecule has 28 heavy (non-hydrogen) atoms. The molecule has 0 unspecified atom stereocenters. The van der Waals surface area contributed by atoms with Gasteiger partial charge in [-0.1, -0.05) is 24.3 Å². The molecule has 0 bridgehead atoms. The smallest absolute Gasteiger partial charge is 0.412 e. The van der Waals surface area contributed by atoms with Gasteiger partial charge in [0.15, 0.2) is 0 Å². The van der Waals surface area contributed by atoms with Crippen molar-refractivity contribution < 1.29 is 14.3 Å². The summed E-state index contributed by atoms with van der Waals surface area (Å²) >= 11 is 0. The zero-order valence-corrected chi connectivity index (χ0v) is 16.7. The van der Waals surface area contributed by atoms with Crippen LogP contribution < -0.4 is 15.6 Å². The van der Waals surface area contributed by atoms with Crippen molar-refractivity contribution in [3.63, 3.8) is 0 Å². The van der Waals surface area contributed by atoms with Crippen molar-refractivity contribution in [2.75, 3.05) is 12.4 Å². The molecule has 3 aromatic rings. The highest BCUT2D eigenvalue weighted by atomic mass is 16.6. The second-order valence-electron chi connectivity index (χ2n) is 7.50. The van der Waals surface area contributed by atoms with Crippen LogP contribution in [0.5, 0.6) is 5.75 Å². The number of para-hydroxylation sites is 1. The molecule has 3 rings (SSSR count). The fraction of sp³-hybridized carbons (Fsp3) is 0.273. The number of rotatable bonds is 3. The van der Waals surface area contributed by atoms with E-state index in [-0.39, 0.29) is 5.56 Å². The van der Waals surface area contributed by atoms with Crippen molar-refractivity contribution >= 4 is 22.7 Å². The van der Waals surface area contributed by atoms with Crippen LogP contribution in [0, 0.1) is 0 Å². The number of carbonyl (C=O) groups excluding carboxylic acids is 1. The highest BCUT2D eigenvalue weighted by Crippen LogP contribution is 2.34. The summed E-state index contributed by atoms with van der Waals surface area (Å²) in [5.41, 5.74) is 1.64. The van der Waals surface area contributed by atoms with E-state index >= 15 is 0 Å². The second-order valence-corrected chi connectivity index (χ2v) is 7.50. The van der Waals surface area contributed by atoms with Gasteiger partial charge in [0, 0.05) is 18.1 Å². The van der Waals surface area contributed by atoms with Gasteiger partial charge in [-0.2, -0.15) is 0 Å². The Morgan fingerprint density at radius 1 is 1.07 bits per heavy atom. The Kier molecular flexibility index (Phi) is 5.14. The molecule has 0 saturated carbocycles. The van der Waals surface area contributed by atoms with E-state index in [4.69, 9.17) is 9.47 Å². The third kappa shape index (κ3) is 3.86. The quantitative estimate of drug-likeness (QED) is 0.723. The number of carbonyl (C=O) groups is 1. The number of amides is 1. The molecular formula is C22H24N2O4. The molecule has 6 nitrogen and oxygen atoms in total. The fourth-order valence-electron chi connectivity index (χ4n) is 3.11. The van der Waals surface area contributed by atoms with E-state index in [1.54, 1.807) is 57.7 Å². The normalized spacial score (nSPS) is 11.3. The monoisotopic (exact) mass is 380 g/mol. The summed E-state index contributed by atoms with van der Waals surface area (Å²) in [6.07, 6.45) is -0.553. The van der Waals surface area contributed by atoms with Crippen LogP contribution in [0.1, 0.15) is 20.8 Å². The highest BCUT2D eigenvalue weighted by molar-refractivity contribution is 5.93. The van der Waals surface area contributed by atoms with Crippen molar-refractivity contribution in [3.8, 4) is 16.9 Å². The first kappa shape index (κ1) is 19.5. The molecule has 0 fully saturated rings. The van der Waals surface area contributed by atoms with Gasteiger partial charge in [-0.15, -0.1) is 0 Å². The Balaban J connectivity index is 2.10. The minimum atomic E-state index is -0.598. The lowest BCUT2D eigenvalue weighted by Gasteiger charge is -2.20. The van der Waals surface area contributed by atoms with Crippen LogP contribution in [0.2, 0.25) is 0 Å². The number of fused-ring (bicyclic) bond motifs is 1. The summed E-state index contributed by atoms with van der Waals surface area (Å²) < 4.78 is 12.5. The van der Waals surface area contributed by atoms with Gasteiger partial charge in [-0.25, -0.2) is 4.79 Å². The van der Waals surface area contributed by atoms with E-state index in [0.29, 0.717) is 22.6 Å². The number of aromatic nitrogens is 1. The van der Waals surface area contributed by atoms with Crippen LogP contribution in [-0.4, -0.2) is 23.4 Å². The SMILES string of the molecule is COc1c(-c2cccc(NC(=O)OC(C)(C)C)c2)c(=O)n(C)c2ccccc12. The molecule has 0 radical (unpaired) electrons. The number of ether oxygens (including phenoxy) is 2. The zero-order valence-electron chi connectivity index (χ0n) is 16.7. The summed E-state index contributed by atoms with van der Waals surface area (Å²) in [4.78, 5) is 25.1. The van der Waals surface area contributed by atoms with E-state index < -0.39 is 11.7 Å². The summed E-state index contributed by atoms with van der Waals surface area (Å²) in [7, 11) is 3.28. The lowest BCUT2D eigenvalue weighted by Crippen LogP contribution is -2.27. The Morgan fingerprint density at radius 3 is 2.46 bits per heavy atom. The van der Waals surface area contributed by atoms with Crippen LogP contribution >= 0.6 is 0 Å². The summed E-state index contributed by atoms with van der Waals surface area (Å²) in [6.45, 7) is 5.39. The molecule has 6 heteroatoms. The number of hydrogen-bond donors (Lipinski definition) is 1. The molecule has 146 valence electrons. The molecule has 0 aliphatic carbocycles. The third-order valence-corrected chi connectivity index (χ3v) is 4.26. The van der Waals surface area contributed by atoms with Crippen molar-refractivity contribution in [2.24, 2.45) is 7.05 Å². The van der Waals surface area contributed by atoms with Crippen molar-refractivity contribution in [3.05, 3.63) is 58.9 Å². The van der Waals surface area contributed by atoms with Gasteiger partial charge in [-0.05, 0) is 50.6 Å². The van der Waals surface area contributed by atoms with E-state index in [1.165, 1.54) is 0 Å². The van der Waals surface area contributed by atoms with Crippen LogP contribution in [0.15, 0.2) is 53.3 Å². The predicted molar refractivity (Wildman–Crippen MR) is 111 cm³/mol. The van der Waals surface area contributed by atoms with Gasteiger partial charge < -0.3 is 14.0 Å². The lowest BCUT2D eigenvalue weighted by molar-refractivity contribution is 0.0636.